The van der Waals surface area contributed by atoms with Gasteiger partial charge in [-0.3, -0.25) is 0 Å². The summed E-state index contributed by atoms with van der Waals surface area (Å²) in [7, 11) is -3.34. The van der Waals surface area contributed by atoms with Gasteiger partial charge in [-0.1, -0.05) is 261 Å². The molecule has 0 N–H and O–H groups in total. The SMILES string of the molecule is CC1=CC(C)([Si](c2ccc(Cc3ccccc3)cc2Cc2ccccc2)(c2ccc(Cc3ccccc3)cc2Cc2ccccc2)c2ccc(Cc3ccccc3)cc2Cc2ccccc2)C(C)=C1C. The normalized spacial score (nSPS) is 14.7. The summed E-state index contributed by atoms with van der Waals surface area (Å²) in [5, 5.41) is 4.17. The predicted molar refractivity (Wildman–Crippen MR) is 300 cm³/mol. The van der Waals surface area contributed by atoms with Crippen LogP contribution >= 0.6 is 0 Å². The number of rotatable bonds is 16. The van der Waals surface area contributed by atoms with E-state index in [4.69, 9.17) is 0 Å². The Kier molecular flexibility index (Phi) is 13.7. The van der Waals surface area contributed by atoms with Gasteiger partial charge in [0.15, 0.2) is 8.07 Å². The molecule has 10 rings (SSSR count). The number of benzene rings is 9. The molecule has 0 nitrogen and oxygen atoms in total. The van der Waals surface area contributed by atoms with Gasteiger partial charge in [-0.2, -0.15) is 0 Å². The highest BCUT2D eigenvalue weighted by Gasteiger charge is 2.58. The van der Waals surface area contributed by atoms with E-state index in [9.17, 15) is 0 Å². The minimum Gasteiger partial charge on any atom is -0.0730 e. The quantitative estimate of drug-likeness (QED) is 0.0669. The highest BCUT2D eigenvalue weighted by Crippen LogP contribution is 2.54. The zero-order chi connectivity index (χ0) is 47.9. The summed E-state index contributed by atoms with van der Waals surface area (Å²) in [5.74, 6) is 0. The Morgan fingerprint density at radius 3 is 0.800 bits per heavy atom. The molecule has 70 heavy (non-hydrogen) atoms. The van der Waals surface area contributed by atoms with Crippen molar-refractivity contribution < 1.29 is 0 Å². The molecule has 1 aliphatic rings. The van der Waals surface area contributed by atoms with E-state index < -0.39 is 8.07 Å². The van der Waals surface area contributed by atoms with Gasteiger partial charge in [0.1, 0.15) is 0 Å². The maximum absolute atomic E-state index is 3.34. The fraction of sp³-hybridized carbons (Fsp3) is 0.159. The first kappa shape index (κ1) is 46.4. The molecule has 0 bridgehead atoms. The largest absolute Gasteiger partial charge is 0.162 e. The lowest BCUT2D eigenvalue weighted by molar-refractivity contribution is 0.867. The van der Waals surface area contributed by atoms with Crippen LogP contribution in [0.25, 0.3) is 0 Å². The molecule has 9 aromatic rings. The molecule has 344 valence electrons. The number of hydrogen-bond donors (Lipinski definition) is 0. The first-order valence-electron chi connectivity index (χ1n) is 25.2. The molecule has 0 spiro atoms. The predicted octanol–water partition coefficient (Wildman–Crippen LogP) is 14.8. The summed E-state index contributed by atoms with van der Waals surface area (Å²) in [4.78, 5) is 0. The summed E-state index contributed by atoms with van der Waals surface area (Å²) in [6.45, 7) is 9.83. The van der Waals surface area contributed by atoms with Crippen LogP contribution in [0.2, 0.25) is 5.04 Å². The molecule has 1 aliphatic carbocycles. The average Bonchev–Trinajstić information content (AvgIpc) is 3.59. The van der Waals surface area contributed by atoms with Crippen LogP contribution in [0.15, 0.2) is 259 Å². The molecule has 0 amide bonds. The Balaban J connectivity index is 1.34. The molecule has 0 aliphatic heterocycles. The van der Waals surface area contributed by atoms with E-state index in [2.05, 4.69) is 270 Å². The Morgan fingerprint density at radius 2 is 0.557 bits per heavy atom. The van der Waals surface area contributed by atoms with Crippen molar-refractivity contribution in [3.8, 4) is 0 Å². The van der Waals surface area contributed by atoms with E-state index in [1.807, 2.05) is 0 Å². The van der Waals surface area contributed by atoms with Crippen LogP contribution in [0.3, 0.4) is 0 Å². The summed E-state index contributed by atoms with van der Waals surface area (Å²) >= 11 is 0. The Hall–Kier alpha value is -7.32. The summed E-state index contributed by atoms with van der Waals surface area (Å²) in [5.41, 5.74) is 20.6. The molecule has 0 saturated carbocycles. The first-order chi connectivity index (χ1) is 34.3. The Labute approximate surface area is 418 Å². The van der Waals surface area contributed by atoms with Crippen LogP contribution < -0.4 is 15.6 Å². The van der Waals surface area contributed by atoms with Crippen molar-refractivity contribution in [1.82, 2.24) is 0 Å². The molecule has 0 radical (unpaired) electrons. The van der Waals surface area contributed by atoms with Gasteiger partial charge >= 0.3 is 0 Å². The van der Waals surface area contributed by atoms with E-state index in [-0.39, 0.29) is 5.04 Å². The molecule has 1 atom stereocenters. The number of hydrogen-bond acceptors (Lipinski definition) is 0. The summed E-state index contributed by atoms with van der Waals surface area (Å²) in [6.07, 6.45) is 7.88. The standard InChI is InChI=1S/C69H64Si/c1-51-50-69(4,53(3)52(51)2)70(66-38-35-60(41-54-23-11-5-12-24-54)47-63(66)44-57-29-17-8-18-30-57,67-39-36-61(42-55-25-13-6-14-26-55)48-64(67)45-58-31-19-9-20-32-58)68-40-37-62(43-56-27-15-7-16-28-56)49-65(68)46-59-33-21-10-22-34-59/h5-40,47-50H,41-46H2,1-4H3. The molecule has 0 heterocycles. The zero-order valence-corrected chi connectivity index (χ0v) is 42.3. The van der Waals surface area contributed by atoms with Gasteiger partial charge in [0.25, 0.3) is 0 Å². The fourth-order valence-electron chi connectivity index (χ4n) is 11.7. The molecular weight excluding hydrogens is 857 g/mol. The third-order valence-corrected chi connectivity index (χ3v) is 21.4. The minimum absolute atomic E-state index is 0.341. The molecular formula is C69H64Si. The monoisotopic (exact) mass is 920 g/mol. The van der Waals surface area contributed by atoms with Gasteiger partial charge in [-0.05, 0) is 147 Å². The highest BCUT2D eigenvalue weighted by molar-refractivity contribution is 7.14. The van der Waals surface area contributed by atoms with Crippen LogP contribution in [0.4, 0.5) is 0 Å². The highest BCUT2D eigenvalue weighted by atomic mass is 28.3. The molecule has 9 aromatic carbocycles. The third-order valence-electron chi connectivity index (χ3n) is 15.4. The van der Waals surface area contributed by atoms with Crippen LogP contribution in [-0.4, -0.2) is 8.07 Å². The van der Waals surface area contributed by atoms with Crippen molar-refractivity contribution in [3.05, 3.63) is 326 Å². The Morgan fingerprint density at radius 1 is 0.300 bits per heavy atom. The Bertz CT molecular complexity index is 2950. The van der Waals surface area contributed by atoms with Gasteiger partial charge < -0.3 is 0 Å². The van der Waals surface area contributed by atoms with Crippen molar-refractivity contribution in [2.75, 3.05) is 0 Å². The van der Waals surface area contributed by atoms with Crippen LogP contribution in [0.1, 0.15) is 94.5 Å². The second-order valence-electron chi connectivity index (χ2n) is 20.0. The van der Waals surface area contributed by atoms with Crippen LogP contribution in [0, 0.1) is 0 Å². The molecule has 0 saturated heterocycles. The zero-order valence-electron chi connectivity index (χ0n) is 41.3. The van der Waals surface area contributed by atoms with E-state index in [1.54, 1.807) is 0 Å². The molecule has 1 heteroatoms. The number of allylic oxidation sites excluding steroid dienone is 4. The van der Waals surface area contributed by atoms with Gasteiger partial charge in [0, 0.05) is 5.04 Å². The lowest BCUT2D eigenvalue weighted by atomic mass is 9.98. The average molecular weight is 921 g/mol. The van der Waals surface area contributed by atoms with Gasteiger partial charge in [-0.25, -0.2) is 0 Å². The summed E-state index contributed by atoms with van der Waals surface area (Å²) < 4.78 is 0. The van der Waals surface area contributed by atoms with E-state index in [0.717, 1.165) is 38.5 Å². The molecule has 1 unspecified atom stereocenters. The van der Waals surface area contributed by atoms with Crippen LogP contribution in [0.5, 0.6) is 0 Å². The second-order valence-corrected chi connectivity index (χ2v) is 24.1. The first-order valence-corrected chi connectivity index (χ1v) is 27.2. The lowest BCUT2D eigenvalue weighted by Crippen LogP contribution is -2.75. The van der Waals surface area contributed by atoms with Crippen molar-refractivity contribution in [3.63, 3.8) is 0 Å². The van der Waals surface area contributed by atoms with Gasteiger partial charge in [-0.15, -0.1) is 0 Å². The minimum atomic E-state index is -3.34. The van der Waals surface area contributed by atoms with E-state index >= 15 is 0 Å². The smallest absolute Gasteiger partial charge is 0.0730 e. The van der Waals surface area contributed by atoms with Crippen LogP contribution in [-0.2, 0) is 38.5 Å². The fourth-order valence-corrected chi connectivity index (χ4v) is 18.4. The van der Waals surface area contributed by atoms with Crippen molar-refractivity contribution in [2.45, 2.75) is 71.3 Å². The lowest BCUT2D eigenvalue weighted by Gasteiger charge is -2.49. The van der Waals surface area contributed by atoms with Crippen molar-refractivity contribution in [1.29, 1.82) is 0 Å². The summed E-state index contributed by atoms with van der Waals surface area (Å²) in [6, 6.07) is 89.8. The van der Waals surface area contributed by atoms with Crippen molar-refractivity contribution in [2.24, 2.45) is 0 Å². The van der Waals surface area contributed by atoms with Crippen molar-refractivity contribution >= 4 is 23.6 Å². The molecule has 0 aromatic heterocycles. The maximum atomic E-state index is 2.71. The van der Waals surface area contributed by atoms with E-state index in [0.29, 0.717) is 0 Å². The maximum Gasteiger partial charge on any atom is 0.162 e. The topological polar surface area (TPSA) is 0 Å². The molecule has 0 fully saturated rings. The van der Waals surface area contributed by atoms with Gasteiger partial charge in [0.2, 0.25) is 0 Å². The van der Waals surface area contributed by atoms with E-state index in [1.165, 1.54) is 99.0 Å². The van der Waals surface area contributed by atoms with Gasteiger partial charge in [0.05, 0.1) is 0 Å². The second kappa shape index (κ2) is 20.7. The third kappa shape index (κ3) is 9.65.